The topological polar surface area (TPSA) is 90.4 Å². The maximum Gasteiger partial charge on any atom is 0.312 e. The van der Waals surface area contributed by atoms with Crippen LogP contribution in [0.25, 0.3) is 10.9 Å². The summed E-state index contributed by atoms with van der Waals surface area (Å²) in [6, 6.07) is 7.54. The Morgan fingerprint density at radius 3 is 2.00 bits per heavy atom. The van der Waals surface area contributed by atoms with E-state index in [1.807, 2.05) is 24.3 Å². The normalized spacial score (nSPS) is 13.6. The van der Waals surface area contributed by atoms with Gasteiger partial charge >= 0.3 is 11.9 Å². The third kappa shape index (κ3) is 5.12. The van der Waals surface area contributed by atoms with Gasteiger partial charge in [0.15, 0.2) is 0 Å². The summed E-state index contributed by atoms with van der Waals surface area (Å²) in [7, 11) is 0. The smallest absolute Gasteiger partial charge is 0.312 e. The van der Waals surface area contributed by atoms with Crippen LogP contribution < -0.4 is 0 Å². The highest BCUT2D eigenvalue weighted by atomic mass is 16.4. The predicted octanol–water partition coefficient (Wildman–Crippen LogP) is 5.66. The van der Waals surface area contributed by atoms with Gasteiger partial charge in [0, 0.05) is 16.6 Å². The summed E-state index contributed by atoms with van der Waals surface area (Å²) in [4.78, 5) is 27.3. The van der Waals surface area contributed by atoms with Gasteiger partial charge in [0.25, 0.3) is 0 Å². The zero-order valence-corrected chi connectivity index (χ0v) is 16.3. The van der Waals surface area contributed by atoms with Gasteiger partial charge in [-0.05, 0) is 24.5 Å². The van der Waals surface area contributed by atoms with Crippen LogP contribution in [0.3, 0.4) is 0 Å². The van der Waals surface area contributed by atoms with E-state index in [4.69, 9.17) is 0 Å². The van der Waals surface area contributed by atoms with Crippen molar-refractivity contribution in [3.05, 3.63) is 35.5 Å². The molecule has 0 aliphatic rings. The third-order valence-electron chi connectivity index (χ3n) is 5.26. The van der Waals surface area contributed by atoms with Crippen LogP contribution >= 0.6 is 0 Å². The number of unbranched alkanes of at least 4 members (excludes halogenated alkanes) is 4. The third-order valence-corrected chi connectivity index (χ3v) is 5.26. The minimum Gasteiger partial charge on any atom is -0.481 e. The molecular formula is C22H31NO4. The van der Waals surface area contributed by atoms with E-state index in [1.165, 1.54) is 0 Å². The van der Waals surface area contributed by atoms with Crippen LogP contribution in [0.4, 0.5) is 0 Å². The van der Waals surface area contributed by atoms with E-state index in [1.54, 1.807) is 0 Å². The summed E-state index contributed by atoms with van der Waals surface area (Å²) in [5, 5.41) is 20.6. The molecule has 148 valence electrons. The molecule has 0 aliphatic carbocycles. The Balaban J connectivity index is 2.52. The zero-order valence-electron chi connectivity index (χ0n) is 16.3. The van der Waals surface area contributed by atoms with E-state index < -0.39 is 23.8 Å². The molecule has 0 saturated carbocycles. The lowest BCUT2D eigenvalue weighted by Gasteiger charge is -2.18. The van der Waals surface area contributed by atoms with Crippen LogP contribution in [0, 0.1) is 0 Å². The molecule has 0 amide bonds. The monoisotopic (exact) mass is 373 g/mol. The zero-order chi connectivity index (χ0) is 19.8. The van der Waals surface area contributed by atoms with Crippen molar-refractivity contribution < 1.29 is 19.8 Å². The van der Waals surface area contributed by atoms with Crippen LogP contribution in [0.5, 0.6) is 0 Å². The van der Waals surface area contributed by atoms with Gasteiger partial charge in [-0.2, -0.15) is 0 Å². The molecule has 0 fully saturated rings. The van der Waals surface area contributed by atoms with Crippen molar-refractivity contribution in [2.24, 2.45) is 0 Å². The second-order valence-corrected chi connectivity index (χ2v) is 7.27. The fraction of sp³-hybridized carbons (Fsp3) is 0.545. The molecule has 2 atom stereocenters. The van der Waals surface area contributed by atoms with Gasteiger partial charge in [-0.1, -0.05) is 70.6 Å². The molecule has 2 aromatic rings. The summed E-state index contributed by atoms with van der Waals surface area (Å²) in [6.07, 6.45) is 6.65. The molecule has 1 aromatic carbocycles. The second kappa shape index (κ2) is 10.1. The Morgan fingerprint density at radius 2 is 1.44 bits per heavy atom. The average molecular weight is 373 g/mol. The minimum absolute atomic E-state index is 0.518. The van der Waals surface area contributed by atoms with Crippen molar-refractivity contribution in [3.63, 3.8) is 0 Å². The molecule has 5 nitrogen and oxygen atoms in total. The Bertz CT molecular complexity index is 765. The fourth-order valence-electron chi connectivity index (χ4n) is 3.81. The Labute approximate surface area is 160 Å². The number of nitrogens with one attached hydrogen (secondary N) is 1. The number of aromatic amines is 1. The van der Waals surface area contributed by atoms with E-state index in [0.717, 1.165) is 49.4 Å². The standard InChI is InChI=1S/C22H31NO4/c1-3-5-7-12-16(21(24)25)19-15-11-9-10-14-18(15)23-20(19)17(22(26)27)13-8-6-4-2/h9-11,14,16-17,23H,3-8,12-13H2,1-2H3,(H,24,25)(H,26,27). The summed E-state index contributed by atoms with van der Waals surface area (Å²) in [6.45, 7) is 4.17. The number of carboxylic acid groups (broad SMARTS) is 2. The first-order chi connectivity index (χ1) is 13.0. The Morgan fingerprint density at radius 1 is 0.889 bits per heavy atom. The van der Waals surface area contributed by atoms with Gasteiger partial charge in [0.05, 0.1) is 11.8 Å². The lowest BCUT2D eigenvalue weighted by Crippen LogP contribution is -2.18. The Hall–Kier alpha value is -2.30. The van der Waals surface area contributed by atoms with Gasteiger partial charge in [0.1, 0.15) is 0 Å². The lowest BCUT2D eigenvalue weighted by atomic mass is 9.86. The van der Waals surface area contributed by atoms with E-state index in [-0.39, 0.29) is 0 Å². The van der Waals surface area contributed by atoms with Crippen LogP contribution in [0.1, 0.15) is 88.3 Å². The number of rotatable bonds is 12. The van der Waals surface area contributed by atoms with E-state index in [9.17, 15) is 19.8 Å². The number of fused-ring (bicyclic) bond motifs is 1. The highest BCUT2D eigenvalue weighted by molar-refractivity contribution is 5.92. The highest BCUT2D eigenvalue weighted by Crippen LogP contribution is 2.38. The molecule has 0 aliphatic heterocycles. The number of para-hydroxylation sites is 1. The number of aromatic nitrogens is 1. The molecule has 5 heteroatoms. The fourth-order valence-corrected chi connectivity index (χ4v) is 3.81. The van der Waals surface area contributed by atoms with Crippen molar-refractivity contribution in [1.82, 2.24) is 4.98 Å². The van der Waals surface area contributed by atoms with Crippen molar-refractivity contribution in [1.29, 1.82) is 0 Å². The number of aliphatic carboxylic acids is 2. The number of hydrogen-bond acceptors (Lipinski definition) is 2. The van der Waals surface area contributed by atoms with Crippen LogP contribution in [-0.4, -0.2) is 27.1 Å². The largest absolute Gasteiger partial charge is 0.481 e. The van der Waals surface area contributed by atoms with Crippen molar-refractivity contribution in [2.75, 3.05) is 0 Å². The van der Waals surface area contributed by atoms with Gasteiger partial charge in [-0.25, -0.2) is 0 Å². The predicted molar refractivity (Wildman–Crippen MR) is 107 cm³/mol. The molecule has 2 unspecified atom stereocenters. The molecule has 1 aromatic heterocycles. The molecule has 0 radical (unpaired) electrons. The Kier molecular flexibility index (Phi) is 7.89. The van der Waals surface area contributed by atoms with Crippen LogP contribution in [-0.2, 0) is 9.59 Å². The van der Waals surface area contributed by atoms with Gasteiger partial charge in [-0.3, -0.25) is 9.59 Å². The summed E-state index contributed by atoms with van der Waals surface area (Å²) >= 11 is 0. The lowest BCUT2D eigenvalue weighted by molar-refractivity contribution is -0.140. The molecule has 0 saturated heterocycles. The second-order valence-electron chi connectivity index (χ2n) is 7.27. The first kappa shape index (κ1) is 21.0. The number of benzene rings is 1. The van der Waals surface area contributed by atoms with Crippen molar-refractivity contribution >= 4 is 22.8 Å². The van der Waals surface area contributed by atoms with Crippen molar-refractivity contribution in [3.8, 4) is 0 Å². The maximum absolute atomic E-state index is 12.1. The molecular weight excluding hydrogens is 342 g/mol. The molecule has 1 heterocycles. The molecule has 0 bridgehead atoms. The van der Waals surface area contributed by atoms with Gasteiger partial charge in [0.2, 0.25) is 0 Å². The van der Waals surface area contributed by atoms with Gasteiger partial charge in [-0.15, -0.1) is 0 Å². The van der Waals surface area contributed by atoms with Crippen molar-refractivity contribution in [2.45, 2.75) is 77.0 Å². The number of carboxylic acids is 2. The first-order valence-electron chi connectivity index (χ1n) is 10.1. The van der Waals surface area contributed by atoms with Gasteiger partial charge < -0.3 is 15.2 Å². The van der Waals surface area contributed by atoms with Crippen LogP contribution in [0.15, 0.2) is 24.3 Å². The molecule has 0 spiro atoms. The average Bonchev–Trinajstić information content (AvgIpc) is 3.00. The molecule has 27 heavy (non-hydrogen) atoms. The summed E-state index contributed by atoms with van der Waals surface area (Å²) < 4.78 is 0. The van der Waals surface area contributed by atoms with Crippen LogP contribution in [0.2, 0.25) is 0 Å². The quantitative estimate of drug-likeness (QED) is 0.418. The van der Waals surface area contributed by atoms with E-state index in [2.05, 4.69) is 18.8 Å². The molecule has 2 rings (SSSR count). The highest BCUT2D eigenvalue weighted by Gasteiger charge is 2.32. The summed E-state index contributed by atoms with van der Waals surface area (Å²) in [5.74, 6) is -3.16. The number of H-pyrrole nitrogens is 1. The minimum atomic E-state index is -0.892. The summed E-state index contributed by atoms with van der Waals surface area (Å²) in [5.41, 5.74) is 2.05. The van der Waals surface area contributed by atoms with E-state index in [0.29, 0.717) is 24.1 Å². The number of hydrogen-bond donors (Lipinski definition) is 3. The number of carbonyl (C=O) groups is 2. The molecule has 3 N–H and O–H groups in total. The maximum atomic E-state index is 12.1. The SMILES string of the molecule is CCCCCC(C(=O)O)c1[nH]c2ccccc2c1C(CCCCC)C(=O)O. The van der Waals surface area contributed by atoms with E-state index >= 15 is 0 Å². The first-order valence-corrected chi connectivity index (χ1v) is 10.1.